The van der Waals surface area contributed by atoms with Gasteiger partial charge in [-0.2, -0.15) is 0 Å². The molecule has 0 saturated heterocycles. The summed E-state index contributed by atoms with van der Waals surface area (Å²) < 4.78 is 23.6. The molecule has 0 unspecified atom stereocenters. The minimum atomic E-state index is -3.84. The van der Waals surface area contributed by atoms with Gasteiger partial charge < -0.3 is 10.6 Å². The van der Waals surface area contributed by atoms with Crippen molar-refractivity contribution in [1.82, 2.24) is 5.32 Å². The Labute approximate surface area is 188 Å². The third kappa shape index (κ3) is 6.35. The molecule has 0 aliphatic carbocycles. The van der Waals surface area contributed by atoms with E-state index in [-0.39, 0.29) is 10.6 Å². The smallest absolute Gasteiger partial charge is 0.272 e. The predicted octanol–water partition coefficient (Wildman–Crippen LogP) is 3.51. The van der Waals surface area contributed by atoms with E-state index < -0.39 is 21.8 Å². The molecule has 2 amide bonds. The van der Waals surface area contributed by atoms with Crippen LogP contribution in [0.15, 0.2) is 93.9 Å². The van der Waals surface area contributed by atoms with E-state index in [1.54, 1.807) is 54.6 Å². The lowest BCUT2D eigenvalue weighted by Crippen LogP contribution is -2.30. The Morgan fingerprint density at radius 3 is 2.19 bits per heavy atom. The number of nitrogens with one attached hydrogen (secondary N) is 2. The maximum Gasteiger partial charge on any atom is 0.272 e. The zero-order valence-corrected chi connectivity index (χ0v) is 18.5. The number of carbonyl (C=O) groups excluding carboxylic acids is 2. The lowest BCUT2D eigenvalue weighted by molar-refractivity contribution is -0.113. The molecule has 7 nitrogen and oxygen atoms in total. The summed E-state index contributed by atoms with van der Waals surface area (Å²) in [6.07, 6.45) is 1.54. The van der Waals surface area contributed by atoms with E-state index in [9.17, 15) is 18.0 Å². The number of amides is 2. The SMILES string of the molecule is NS(=O)(=O)c1ccc(NC(=O)C(=Cc2cccc(Br)c2)NC(=O)c2ccccc2)cc1. The van der Waals surface area contributed by atoms with Crippen molar-refractivity contribution >= 4 is 49.5 Å². The number of hydrogen-bond donors (Lipinski definition) is 3. The van der Waals surface area contributed by atoms with Crippen molar-refractivity contribution in [3.8, 4) is 0 Å². The molecule has 0 bridgehead atoms. The molecule has 0 heterocycles. The molecule has 0 aliphatic rings. The predicted molar refractivity (Wildman–Crippen MR) is 122 cm³/mol. The van der Waals surface area contributed by atoms with Crippen molar-refractivity contribution in [3.05, 3.63) is 100 Å². The van der Waals surface area contributed by atoms with Gasteiger partial charge in [0.25, 0.3) is 11.8 Å². The number of primary sulfonamides is 1. The second kappa shape index (κ2) is 9.69. The Bertz CT molecular complexity index is 1240. The second-order valence-corrected chi connectivity index (χ2v) is 8.93. The van der Waals surface area contributed by atoms with E-state index in [1.807, 2.05) is 6.07 Å². The van der Waals surface area contributed by atoms with Crippen LogP contribution in [0.2, 0.25) is 0 Å². The van der Waals surface area contributed by atoms with Crippen molar-refractivity contribution in [1.29, 1.82) is 0 Å². The normalized spacial score (nSPS) is 11.6. The number of rotatable bonds is 6. The van der Waals surface area contributed by atoms with Crippen molar-refractivity contribution in [2.45, 2.75) is 4.90 Å². The molecule has 3 aromatic rings. The fourth-order valence-electron chi connectivity index (χ4n) is 2.63. The van der Waals surface area contributed by atoms with Crippen molar-refractivity contribution in [3.63, 3.8) is 0 Å². The molecule has 158 valence electrons. The Morgan fingerprint density at radius 1 is 0.903 bits per heavy atom. The summed E-state index contributed by atoms with van der Waals surface area (Å²) in [5.41, 5.74) is 1.44. The molecule has 0 atom stereocenters. The first-order valence-corrected chi connectivity index (χ1v) is 11.3. The van der Waals surface area contributed by atoms with Crippen molar-refractivity contribution < 1.29 is 18.0 Å². The molecular formula is C22H18BrN3O4S. The van der Waals surface area contributed by atoms with E-state index in [0.717, 1.165) is 4.47 Å². The summed E-state index contributed by atoms with van der Waals surface area (Å²) in [6, 6.07) is 21.1. The minimum Gasteiger partial charge on any atom is -0.321 e. The van der Waals surface area contributed by atoms with Gasteiger partial charge in [-0.1, -0.05) is 46.3 Å². The van der Waals surface area contributed by atoms with Crippen LogP contribution in [0.5, 0.6) is 0 Å². The first-order valence-electron chi connectivity index (χ1n) is 9.00. The number of benzene rings is 3. The van der Waals surface area contributed by atoms with Gasteiger partial charge in [0.15, 0.2) is 0 Å². The molecular weight excluding hydrogens is 482 g/mol. The van der Waals surface area contributed by atoms with Crippen LogP contribution in [0.4, 0.5) is 5.69 Å². The molecule has 3 rings (SSSR count). The van der Waals surface area contributed by atoms with Crippen LogP contribution in [-0.4, -0.2) is 20.2 Å². The summed E-state index contributed by atoms with van der Waals surface area (Å²) >= 11 is 3.38. The molecule has 0 aliphatic heterocycles. The molecule has 0 spiro atoms. The number of sulfonamides is 1. The molecule has 4 N–H and O–H groups in total. The number of anilines is 1. The first-order chi connectivity index (χ1) is 14.7. The van der Waals surface area contributed by atoms with E-state index in [2.05, 4.69) is 26.6 Å². The maximum absolute atomic E-state index is 12.9. The topological polar surface area (TPSA) is 118 Å². The zero-order chi connectivity index (χ0) is 22.4. The quantitative estimate of drug-likeness (QED) is 0.449. The van der Waals surface area contributed by atoms with Crippen molar-refractivity contribution in [2.24, 2.45) is 5.14 Å². The van der Waals surface area contributed by atoms with Gasteiger partial charge in [0.2, 0.25) is 10.0 Å². The average molecular weight is 500 g/mol. The summed E-state index contributed by atoms with van der Waals surface area (Å²) in [5.74, 6) is -1.02. The minimum absolute atomic E-state index is 0.0162. The highest BCUT2D eigenvalue weighted by Gasteiger charge is 2.16. The van der Waals surface area contributed by atoms with Gasteiger partial charge in [-0.05, 0) is 60.2 Å². The van der Waals surface area contributed by atoms with Crippen LogP contribution >= 0.6 is 15.9 Å². The van der Waals surface area contributed by atoms with Crippen LogP contribution in [0.1, 0.15) is 15.9 Å². The Balaban J connectivity index is 1.88. The van der Waals surface area contributed by atoms with Gasteiger partial charge in [-0.15, -0.1) is 0 Å². The highest BCUT2D eigenvalue weighted by atomic mass is 79.9. The average Bonchev–Trinajstić information content (AvgIpc) is 2.73. The fraction of sp³-hybridized carbons (Fsp3) is 0. The van der Waals surface area contributed by atoms with Crippen LogP contribution in [0, 0.1) is 0 Å². The number of halogens is 1. The van der Waals surface area contributed by atoms with E-state index in [1.165, 1.54) is 24.3 Å². The third-order valence-electron chi connectivity index (χ3n) is 4.13. The van der Waals surface area contributed by atoms with Gasteiger partial charge in [0.1, 0.15) is 5.70 Å². The first kappa shape index (κ1) is 22.4. The van der Waals surface area contributed by atoms with Gasteiger partial charge in [0, 0.05) is 15.7 Å². The molecule has 31 heavy (non-hydrogen) atoms. The van der Waals surface area contributed by atoms with Gasteiger partial charge >= 0.3 is 0 Å². The number of hydrogen-bond acceptors (Lipinski definition) is 4. The molecule has 3 aromatic carbocycles. The molecule has 9 heteroatoms. The van der Waals surface area contributed by atoms with Gasteiger partial charge in [-0.3, -0.25) is 9.59 Å². The lowest BCUT2D eigenvalue weighted by Gasteiger charge is -2.12. The van der Waals surface area contributed by atoms with Crippen LogP contribution < -0.4 is 15.8 Å². The fourth-order valence-corrected chi connectivity index (χ4v) is 3.56. The van der Waals surface area contributed by atoms with Gasteiger partial charge in [0.05, 0.1) is 4.90 Å². The zero-order valence-electron chi connectivity index (χ0n) is 16.1. The second-order valence-electron chi connectivity index (χ2n) is 6.46. The van der Waals surface area contributed by atoms with Crippen LogP contribution in [0.25, 0.3) is 6.08 Å². The third-order valence-corrected chi connectivity index (χ3v) is 5.55. The van der Waals surface area contributed by atoms with Gasteiger partial charge in [-0.25, -0.2) is 13.6 Å². The molecule has 0 fully saturated rings. The highest BCUT2D eigenvalue weighted by molar-refractivity contribution is 9.10. The summed E-state index contributed by atoms with van der Waals surface area (Å²) in [6.45, 7) is 0. The summed E-state index contributed by atoms with van der Waals surface area (Å²) in [5, 5.41) is 10.4. The monoisotopic (exact) mass is 499 g/mol. The van der Waals surface area contributed by atoms with E-state index in [4.69, 9.17) is 5.14 Å². The van der Waals surface area contributed by atoms with Crippen LogP contribution in [0.3, 0.4) is 0 Å². The van der Waals surface area contributed by atoms with E-state index in [0.29, 0.717) is 16.8 Å². The largest absolute Gasteiger partial charge is 0.321 e. The standard InChI is InChI=1S/C22H18BrN3O4S/c23-17-8-4-5-15(13-17)14-20(26-21(27)16-6-2-1-3-7-16)22(28)25-18-9-11-19(12-10-18)31(24,29)30/h1-14H,(H,25,28)(H,26,27)(H2,24,29,30). The number of nitrogens with two attached hydrogens (primary N) is 1. The van der Waals surface area contributed by atoms with Crippen LogP contribution in [-0.2, 0) is 14.8 Å². The highest BCUT2D eigenvalue weighted by Crippen LogP contribution is 2.17. The summed E-state index contributed by atoms with van der Waals surface area (Å²) in [7, 11) is -3.84. The summed E-state index contributed by atoms with van der Waals surface area (Å²) in [4.78, 5) is 25.4. The Morgan fingerprint density at radius 2 is 1.58 bits per heavy atom. The van der Waals surface area contributed by atoms with Crippen molar-refractivity contribution in [2.75, 3.05) is 5.32 Å². The number of carbonyl (C=O) groups is 2. The van der Waals surface area contributed by atoms with E-state index >= 15 is 0 Å². The molecule has 0 radical (unpaired) electrons. The maximum atomic E-state index is 12.9. The Kier molecular flexibility index (Phi) is 7.01. The molecule has 0 aromatic heterocycles. The molecule has 0 saturated carbocycles. The Hall–Kier alpha value is -3.27. The lowest BCUT2D eigenvalue weighted by atomic mass is 10.1.